The Morgan fingerprint density at radius 2 is 2.20 bits per heavy atom. The Balaban J connectivity index is 2.69. The summed E-state index contributed by atoms with van der Waals surface area (Å²) in [5.41, 5.74) is 7.36. The van der Waals surface area contributed by atoms with Crippen molar-refractivity contribution in [3.05, 3.63) is 34.1 Å². The van der Waals surface area contributed by atoms with Gasteiger partial charge in [0.2, 0.25) is 0 Å². The lowest BCUT2D eigenvalue weighted by atomic mass is 10.1. The zero-order valence-corrected chi connectivity index (χ0v) is 9.60. The number of nitrogens with one attached hydrogen (secondary N) is 1. The van der Waals surface area contributed by atoms with Gasteiger partial charge in [-0.3, -0.25) is 5.10 Å². The number of hydrogen-bond acceptors (Lipinski definition) is 2. The largest absolute Gasteiger partial charge is 0.380 e. The number of aryl methyl sites for hydroxylation is 1. The monoisotopic (exact) mass is 269 g/mol. The van der Waals surface area contributed by atoms with Gasteiger partial charge in [0.05, 0.1) is 0 Å². The smallest absolute Gasteiger partial charge is 0.192 e. The highest BCUT2D eigenvalue weighted by Gasteiger charge is 2.16. The van der Waals surface area contributed by atoms with Gasteiger partial charge in [-0.05, 0) is 18.6 Å². The molecule has 0 aliphatic heterocycles. The van der Waals surface area contributed by atoms with Gasteiger partial charge in [-0.25, -0.2) is 4.39 Å². The maximum Gasteiger partial charge on any atom is 0.192 e. The molecule has 2 rings (SSSR count). The summed E-state index contributed by atoms with van der Waals surface area (Å²) >= 11 is 3.37. The summed E-state index contributed by atoms with van der Waals surface area (Å²) in [6, 6.07) is 5.63. The molecule has 2 aromatic rings. The van der Waals surface area contributed by atoms with Crippen LogP contribution in [0.3, 0.4) is 0 Å². The van der Waals surface area contributed by atoms with Gasteiger partial charge in [0.1, 0.15) is 5.69 Å². The molecule has 78 valence electrons. The van der Waals surface area contributed by atoms with Crippen molar-refractivity contribution in [1.29, 1.82) is 0 Å². The fourth-order valence-electron chi connectivity index (χ4n) is 1.46. The molecule has 0 radical (unpaired) electrons. The number of nitrogen functional groups attached to an aromatic ring is 1. The van der Waals surface area contributed by atoms with E-state index in [0.717, 1.165) is 15.6 Å². The van der Waals surface area contributed by atoms with Crippen LogP contribution in [0.4, 0.5) is 10.2 Å². The van der Waals surface area contributed by atoms with Crippen LogP contribution in [-0.2, 0) is 0 Å². The predicted octanol–water partition coefficient (Wildman–Crippen LogP) is 2.87. The van der Waals surface area contributed by atoms with Crippen molar-refractivity contribution in [1.82, 2.24) is 10.2 Å². The number of rotatable bonds is 1. The van der Waals surface area contributed by atoms with Crippen LogP contribution >= 0.6 is 15.9 Å². The van der Waals surface area contributed by atoms with Crippen molar-refractivity contribution in [2.24, 2.45) is 0 Å². The zero-order valence-electron chi connectivity index (χ0n) is 8.01. The molecule has 5 heteroatoms. The second-order valence-corrected chi connectivity index (χ2v) is 4.08. The van der Waals surface area contributed by atoms with Crippen LogP contribution in [0.1, 0.15) is 5.56 Å². The highest BCUT2D eigenvalue weighted by atomic mass is 79.9. The maximum atomic E-state index is 13.6. The van der Waals surface area contributed by atoms with Gasteiger partial charge >= 0.3 is 0 Å². The van der Waals surface area contributed by atoms with Crippen molar-refractivity contribution in [3.63, 3.8) is 0 Å². The third kappa shape index (κ3) is 1.63. The van der Waals surface area contributed by atoms with E-state index in [1.165, 1.54) is 0 Å². The first-order valence-electron chi connectivity index (χ1n) is 4.36. The minimum absolute atomic E-state index is 0.111. The van der Waals surface area contributed by atoms with E-state index in [0.29, 0.717) is 5.69 Å². The number of halogens is 2. The van der Waals surface area contributed by atoms with E-state index < -0.39 is 5.82 Å². The Hall–Kier alpha value is -1.36. The Morgan fingerprint density at radius 3 is 2.73 bits per heavy atom. The summed E-state index contributed by atoms with van der Waals surface area (Å²) in [5, 5.41) is 6.22. The third-order valence-electron chi connectivity index (χ3n) is 2.20. The molecule has 1 heterocycles. The minimum Gasteiger partial charge on any atom is -0.380 e. The first-order valence-corrected chi connectivity index (χ1v) is 5.15. The van der Waals surface area contributed by atoms with E-state index in [-0.39, 0.29) is 5.82 Å². The Labute approximate surface area is 94.6 Å². The average Bonchev–Trinajstić information content (AvgIpc) is 2.49. The summed E-state index contributed by atoms with van der Waals surface area (Å²) in [5.74, 6) is -0.620. The lowest BCUT2D eigenvalue weighted by molar-refractivity contribution is 0.636. The zero-order chi connectivity index (χ0) is 11.0. The highest BCUT2D eigenvalue weighted by Crippen LogP contribution is 2.32. The minimum atomic E-state index is -0.509. The molecule has 0 unspecified atom stereocenters. The molecule has 0 saturated carbocycles. The molecule has 0 bridgehead atoms. The Bertz CT molecular complexity index is 487. The van der Waals surface area contributed by atoms with Crippen LogP contribution in [0.5, 0.6) is 0 Å². The number of nitrogens with two attached hydrogens (primary N) is 1. The number of aromatic nitrogens is 2. The second kappa shape index (κ2) is 3.66. The van der Waals surface area contributed by atoms with E-state index in [4.69, 9.17) is 5.73 Å². The van der Waals surface area contributed by atoms with Crippen LogP contribution in [0, 0.1) is 12.7 Å². The molecule has 0 fully saturated rings. The van der Waals surface area contributed by atoms with Crippen LogP contribution in [0.25, 0.3) is 11.3 Å². The molecule has 0 aliphatic carbocycles. The van der Waals surface area contributed by atoms with Gasteiger partial charge in [-0.15, -0.1) is 0 Å². The Kier molecular flexibility index (Phi) is 2.48. The van der Waals surface area contributed by atoms with E-state index >= 15 is 0 Å². The van der Waals surface area contributed by atoms with Crippen LogP contribution < -0.4 is 5.73 Å². The number of hydrogen-bond donors (Lipinski definition) is 2. The van der Waals surface area contributed by atoms with Gasteiger partial charge in [0.15, 0.2) is 11.6 Å². The highest BCUT2D eigenvalue weighted by molar-refractivity contribution is 9.10. The van der Waals surface area contributed by atoms with Gasteiger partial charge in [0.25, 0.3) is 0 Å². The maximum absolute atomic E-state index is 13.6. The fraction of sp³-hybridized carbons (Fsp3) is 0.100. The molecule has 0 atom stereocenters. The fourth-order valence-corrected chi connectivity index (χ4v) is 2.12. The first kappa shape index (κ1) is 10.2. The van der Waals surface area contributed by atoms with Crippen LogP contribution in [-0.4, -0.2) is 10.2 Å². The van der Waals surface area contributed by atoms with Crippen LogP contribution in [0.2, 0.25) is 0 Å². The topological polar surface area (TPSA) is 54.7 Å². The lowest BCUT2D eigenvalue weighted by Crippen LogP contribution is -1.90. The summed E-state index contributed by atoms with van der Waals surface area (Å²) in [6.07, 6.45) is 0. The quantitative estimate of drug-likeness (QED) is 0.837. The molecule has 0 aliphatic rings. The number of anilines is 1. The molecular weight excluding hydrogens is 261 g/mol. The van der Waals surface area contributed by atoms with Crippen molar-refractivity contribution in [2.75, 3.05) is 5.73 Å². The Morgan fingerprint density at radius 1 is 1.47 bits per heavy atom. The van der Waals surface area contributed by atoms with Gasteiger partial charge < -0.3 is 5.73 Å². The van der Waals surface area contributed by atoms with E-state index in [1.807, 2.05) is 25.1 Å². The van der Waals surface area contributed by atoms with Crippen molar-refractivity contribution < 1.29 is 4.39 Å². The second-order valence-electron chi connectivity index (χ2n) is 3.23. The molecule has 0 spiro atoms. The van der Waals surface area contributed by atoms with Crippen LogP contribution in [0.15, 0.2) is 22.7 Å². The predicted molar refractivity (Wildman–Crippen MR) is 60.8 cm³/mol. The lowest BCUT2D eigenvalue weighted by Gasteiger charge is -2.05. The number of benzene rings is 1. The number of aromatic amines is 1. The van der Waals surface area contributed by atoms with Crippen molar-refractivity contribution in [3.8, 4) is 11.3 Å². The van der Waals surface area contributed by atoms with Gasteiger partial charge in [-0.2, -0.15) is 5.10 Å². The molecule has 3 nitrogen and oxygen atoms in total. The van der Waals surface area contributed by atoms with Crippen molar-refractivity contribution >= 4 is 21.7 Å². The number of nitrogens with zero attached hydrogens (tertiary/aromatic N) is 1. The molecular formula is C10H9BrFN3. The number of H-pyrrole nitrogens is 1. The van der Waals surface area contributed by atoms with E-state index in [9.17, 15) is 4.39 Å². The van der Waals surface area contributed by atoms with E-state index in [2.05, 4.69) is 26.1 Å². The van der Waals surface area contributed by atoms with E-state index in [1.54, 1.807) is 0 Å². The molecule has 1 aromatic carbocycles. The summed E-state index contributed by atoms with van der Waals surface area (Å²) in [6.45, 7) is 1.90. The third-order valence-corrected chi connectivity index (χ3v) is 2.87. The SMILES string of the molecule is Cc1cccc(Br)c1-c1[nH]nc(N)c1F. The molecule has 1 aromatic heterocycles. The molecule has 0 saturated heterocycles. The normalized spacial score (nSPS) is 10.6. The first-order chi connectivity index (χ1) is 7.11. The molecule has 3 N–H and O–H groups in total. The molecule has 0 amide bonds. The standard InChI is InChI=1S/C10H9BrFN3/c1-5-3-2-4-6(11)7(5)9-8(12)10(13)15-14-9/h2-4H,1H3,(H3,13,14,15). The van der Waals surface area contributed by atoms with Gasteiger partial charge in [-0.1, -0.05) is 28.1 Å². The van der Waals surface area contributed by atoms with Gasteiger partial charge in [0, 0.05) is 10.0 Å². The summed E-state index contributed by atoms with van der Waals surface area (Å²) in [4.78, 5) is 0. The average molecular weight is 270 g/mol. The molecule has 15 heavy (non-hydrogen) atoms. The summed E-state index contributed by atoms with van der Waals surface area (Å²) in [7, 11) is 0. The van der Waals surface area contributed by atoms with Crippen molar-refractivity contribution in [2.45, 2.75) is 6.92 Å². The summed E-state index contributed by atoms with van der Waals surface area (Å²) < 4.78 is 14.4.